The largest absolute Gasteiger partial charge is 0.423 e. The summed E-state index contributed by atoms with van der Waals surface area (Å²) in [6, 6.07) is 13.5. The minimum atomic E-state index is -0.966. The number of carbonyl (C=O) groups is 3. The van der Waals surface area contributed by atoms with Gasteiger partial charge in [-0.15, -0.1) is 0 Å². The van der Waals surface area contributed by atoms with Crippen LogP contribution in [0.5, 0.6) is 0 Å². The molecule has 1 aliphatic rings. The first kappa shape index (κ1) is 30.3. The maximum absolute atomic E-state index is 13.6. The third kappa shape index (κ3) is 8.40. The Bertz CT molecular complexity index is 1490. The summed E-state index contributed by atoms with van der Waals surface area (Å²) in [5.74, 6) is -1.30. The Morgan fingerprint density at radius 3 is 2.55 bits per heavy atom. The molecule has 3 aromatic rings. The average molecular weight is 576 g/mol. The molecule has 1 fully saturated rings. The molecule has 0 saturated carbocycles. The van der Waals surface area contributed by atoms with Crippen molar-refractivity contribution in [3.05, 3.63) is 76.1 Å². The van der Waals surface area contributed by atoms with E-state index in [1.807, 2.05) is 30.3 Å². The van der Waals surface area contributed by atoms with E-state index in [-0.39, 0.29) is 37.3 Å². The number of amides is 3. The van der Waals surface area contributed by atoms with Crippen molar-refractivity contribution in [3.63, 3.8) is 0 Å². The molecule has 42 heavy (non-hydrogen) atoms. The molecule has 12 heteroatoms. The van der Waals surface area contributed by atoms with E-state index in [4.69, 9.17) is 15.9 Å². The maximum Gasteiger partial charge on any atom is 0.336 e. The summed E-state index contributed by atoms with van der Waals surface area (Å²) < 4.78 is 5.30. The molecule has 0 spiro atoms. The number of carbonyl (C=O) groups excluding carboxylic acids is 3. The molecule has 2 heterocycles. The molecule has 222 valence electrons. The van der Waals surface area contributed by atoms with E-state index in [1.165, 1.54) is 6.07 Å². The van der Waals surface area contributed by atoms with Gasteiger partial charge in [0.1, 0.15) is 17.7 Å². The van der Waals surface area contributed by atoms with Crippen molar-refractivity contribution in [2.75, 3.05) is 18.4 Å². The lowest BCUT2D eigenvalue weighted by molar-refractivity contribution is -0.131. The summed E-state index contributed by atoms with van der Waals surface area (Å²) in [5, 5.41) is 12.4. The van der Waals surface area contributed by atoms with Crippen molar-refractivity contribution in [2.45, 2.75) is 57.2 Å². The summed E-state index contributed by atoms with van der Waals surface area (Å²) in [6.07, 6.45) is 2.45. The van der Waals surface area contributed by atoms with Gasteiger partial charge in [-0.1, -0.05) is 30.3 Å². The highest BCUT2D eigenvalue weighted by Gasteiger charge is 2.30. The van der Waals surface area contributed by atoms with E-state index in [0.717, 1.165) is 29.5 Å². The minimum Gasteiger partial charge on any atom is -0.423 e. The van der Waals surface area contributed by atoms with E-state index in [1.54, 1.807) is 25.1 Å². The molecule has 4 rings (SSSR count). The van der Waals surface area contributed by atoms with Gasteiger partial charge in [0.05, 0.1) is 6.04 Å². The van der Waals surface area contributed by atoms with E-state index >= 15 is 0 Å². The number of guanidine groups is 1. The van der Waals surface area contributed by atoms with Crippen molar-refractivity contribution >= 4 is 40.3 Å². The summed E-state index contributed by atoms with van der Waals surface area (Å²) in [6.45, 7) is 2.80. The molecule has 3 amide bonds. The van der Waals surface area contributed by atoms with Crippen LogP contribution in [-0.2, 0) is 20.8 Å². The Morgan fingerprint density at radius 1 is 1.05 bits per heavy atom. The van der Waals surface area contributed by atoms with Crippen LogP contribution in [0.2, 0.25) is 0 Å². The second-order valence-electron chi connectivity index (χ2n) is 10.4. The number of nitrogens with two attached hydrogens (primary N) is 2. The zero-order valence-electron chi connectivity index (χ0n) is 23.5. The second kappa shape index (κ2) is 14.3. The van der Waals surface area contributed by atoms with Gasteiger partial charge in [-0.3, -0.25) is 19.4 Å². The monoisotopic (exact) mass is 575 g/mol. The van der Waals surface area contributed by atoms with Gasteiger partial charge in [-0.25, -0.2) is 4.79 Å². The van der Waals surface area contributed by atoms with Crippen molar-refractivity contribution < 1.29 is 18.8 Å². The normalized spacial score (nSPS) is 15.9. The van der Waals surface area contributed by atoms with Crippen LogP contribution in [-0.4, -0.2) is 54.9 Å². The number of rotatable bonds is 12. The molecule has 1 saturated heterocycles. The smallest absolute Gasteiger partial charge is 0.336 e. The molecule has 0 aliphatic carbocycles. The van der Waals surface area contributed by atoms with Crippen molar-refractivity contribution in [1.82, 2.24) is 16.0 Å². The quantitative estimate of drug-likeness (QED) is 0.0798. The number of hydrogen-bond donors (Lipinski definition) is 6. The number of nitrogens with one attached hydrogen (secondary N) is 4. The van der Waals surface area contributed by atoms with Gasteiger partial charge in [0.2, 0.25) is 17.7 Å². The Kier molecular flexibility index (Phi) is 10.3. The SMILES string of the molecule is Cc1cc(=O)oc2cc(NC(=O)[C@H](CCCN=C(N)N)NC(=O)[C@@H](Cc3ccccc3)NC(=O)[C@@H]3CCCN3)ccc12. The van der Waals surface area contributed by atoms with Gasteiger partial charge in [-0.2, -0.15) is 0 Å². The lowest BCUT2D eigenvalue weighted by atomic mass is 10.0. The van der Waals surface area contributed by atoms with Crippen LogP contribution in [0, 0.1) is 6.92 Å². The van der Waals surface area contributed by atoms with E-state index < -0.39 is 29.5 Å². The fraction of sp³-hybridized carbons (Fsp3) is 0.367. The van der Waals surface area contributed by atoms with E-state index in [0.29, 0.717) is 24.1 Å². The van der Waals surface area contributed by atoms with Crippen LogP contribution in [0.1, 0.15) is 36.8 Å². The molecule has 12 nitrogen and oxygen atoms in total. The third-order valence-electron chi connectivity index (χ3n) is 7.09. The summed E-state index contributed by atoms with van der Waals surface area (Å²) >= 11 is 0. The van der Waals surface area contributed by atoms with Gasteiger partial charge >= 0.3 is 5.63 Å². The van der Waals surface area contributed by atoms with Crippen molar-refractivity contribution in [3.8, 4) is 0 Å². The van der Waals surface area contributed by atoms with Gasteiger partial charge in [-0.05, 0) is 62.4 Å². The Balaban J connectivity index is 1.53. The molecule has 0 radical (unpaired) electrons. The predicted molar refractivity (Wildman–Crippen MR) is 161 cm³/mol. The van der Waals surface area contributed by atoms with E-state index in [2.05, 4.69) is 26.3 Å². The summed E-state index contributed by atoms with van der Waals surface area (Å²) in [4.78, 5) is 55.8. The summed E-state index contributed by atoms with van der Waals surface area (Å²) in [5.41, 5.74) is 12.7. The highest BCUT2D eigenvalue weighted by atomic mass is 16.4. The fourth-order valence-electron chi connectivity index (χ4n) is 4.92. The average Bonchev–Trinajstić information content (AvgIpc) is 3.50. The fourth-order valence-corrected chi connectivity index (χ4v) is 4.92. The third-order valence-corrected chi connectivity index (χ3v) is 7.09. The number of fused-ring (bicyclic) bond motifs is 1. The van der Waals surface area contributed by atoms with Crippen LogP contribution >= 0.6 is 0 Å². The predicted octanol–water partition coefficient (Wildman–Crippen LogP) is 1.06. The van der Waals surface area contributed by atoms with Crippen LogP contribution < -0.4 is 38.4 Å². The van der Waals surface area contributed by atoms with E-state index in [9.17, 15) is 19.2 Å². The number of anilines is 1. The number of benzene rings is 2. The zero-order chi connectivity index (χ0) is 30.1. The first-order valence-corrected chi connectivity index (χ1v) is 14.0. The first-order chi connectivity index (χ1) is 20.2. The van der Waals surface area contributed by atoms with Gasteiger partial charge in [0.25, 0.3) is 0 Å². The summed E-state index contributed by atoms with van der Waals surface area (Å²) in [7, 11) is 0. The molecule has 3 atom stereocenters. The molecule has 1 aromatic heterocycles. The highest BCUT2D eigenvalue weighted by Crippen LogP contribution is 2.21. The van der Waals surface area contributed by atoms with Crippen LogP contribution in [0.25, 0.3) is 11.0 Å². The van der Waals surface area contributed by atoms with Crippen molar-refractivity contribution in [2.24, 2.45) is 16.5 Å². The first-order valence-electron chi connectivity index (χ1n) is 14.0. The second-order valence-corrected chi connectivity index (χ2v) is 10.4. The highest BCUT2D eigenvalue weighted by molar-refractivity contribution is 5.99. The number of nitrogens with zero attached hydrogens (tertiary/aromatic N) is 1. The number of hydrogen-bond acceptors (Lipinski definition) is 7. The molecule has 1 aliphatic heterocycles. The maximum atomic E-state index is 13.6. The Labute approximate surface area is 243 Å². The molecular weight excluding hydrogens is 538 g/mol. The molecule has 2 aromatic carbocycles. The van der Waals surface area contributed by atoms with Gasteiger partial charge in [0, 0.05) is 36.2 Å². The molecule has 0 bridgehead atoms. The molecule has 0 unspecified atom stereocenters. The number of aryl methyl sites for hydroxylation is 1. The van der Waals surface area contributed by atoms with Gasteiger partial charge < -0.3 is 37.2 Å². The molecular formula is C30H37N7O5. The van der Waals surface area contributed by atoms with Crippen molar-refractivity contribution in [1.29, 1.82) is 0 Å². The van der Waals surface area contributed by atoms with Crippen LogP contribution in [0.4, 0.5) is 5.69 Å². The lowest BCUT2D eigenvalue weighted by Gasteiger charge is -2.24. The minimum absolute atomic E-state index is 0.0702. The Hall–Kier alpha value is -4.71. The molecule has 8 N–H and O–H groups in total. The van der Waals surface area contributed by atoms with Gasteiger partial charge in [0.15, 0.2) is 5.96 Å². The standard InChI is InChI=1S/C30H37N7O5/c1-18-15-26(38)42-25-17-20(11-12-21(18)25)35-28(40)23(10-6-14-34-30(31)32)36-29(41)24(16-19-7-3-2-4-8-19)37-27(39)22-9-5-13-33-22/h2-4,7-8,11-12,15,17,22-24,33H,5-6,9-10,13-14,16H2,1H3,(H,35,40)(H,36,41)(H,37,39)(H4,31,32,34)/t22-,23-,24+/m0/s1. The topological polar surface area (TPSA) is 194 Å². The Morgan fingerprint density at radius 2 is 1.83 bits per heavy atom. The lowest BCUT2D eigenvalue weighted by Crippen LogP contribution is -2.55. The zero-order valence-corrected chi connectivity index (χ0v) is 23.5. The number of aliphatic imine (C=N–C) groups is 1. The van der Waals surface area contributed by atoms with Crippen LogP contribution in [0.3, 0.4) is 0 Å². The van der Waals surface area contributed by atoms with Crippen LogP contribution in [0.15, 0.2) is 68.8 Å².